The first kappa shape index (κ1) is 9.98. The number of alkyl halides is 1. The fraction of sp³-hybridized carbons (Fsp3) is 0.222. The lowest BCUT2D eigenvalue weighted by molar-refractivity contribution is -0.113. The van der Waals surface area contributed by atoms with Crippen molar-refractivity contribution in [1.29, 1.82) is 0 Å². The number of carbonyl (C=O) groups excluding carboxylic acids is 1. The van der Waals surface area contributed by atoms with Crippen molar-refractivity contribution < 1.29 is 4.79 Å². The van der Waals surface area contributed by atoms with Gasteiger partial charge in [0.25, 0.3) is 5.91 Å². The number of aliphatic imine (C=N–C) groups is 2. The predicted octanol–water partition coefficient (Wildman–Crippen LogP) is 2.37. The number of hydrogen-bond acceptors (Lipinski definition) is 2. The molecule has 72 valence electrons. The molecular weight excluding hydrogens is 312 g/mol. The quantitative estimate of drug-likeness (QED) is 0.632. The van der Waals surface area contributed by atoms with Crippen molar-refractivity contribution in [1.82, 2.24) is 0 Å². The first-order valence-electron chi connectivity index (χ1n) is 3.99. The minimum absolute atomic E-state index is 0.0220. The molecule has 0 fully saturated rings. The van der Waals surface area contributed by atoms with E-state index in [0.29, 0.717) is 11.4 Å². The van der Waals surface area contributed by atoms with Crippen LogP contribution >= 0.6 is 31.9 Å². The monoisotopic (exact) mass is 316 g/mol. The van der Waals surface area contributed by atoms with Gasteiger partial charge in [-0.2, -0.15) is 4.99 Å². The smallest absolute Gasteiger partial charge is 0.267 e. The van der Waals surface area contributed by atoms with E-state index < -0.39 is 0 Å². The molecule has 0 radical (unpaired) electrons. The summed E-state index contributed by atoms with van der Waals surface area (Å²) in [6.45, 7) is 1.72. The minimum atomic E-state index is -0.220. The maximum Gasteiger partial charge on any atom is 0.280 e. The maximum atomic E-state index is 11.5. The van der Waals surface area contributed by atoms with Crippen molar-refractivity contribution in [2.24, 2.45) is 9.98 Å². The lowest BCUT2D eigenvalue weighted by Gasteiger charge is -2.19. The predicted molar refractivity (Wildman–Crippen MR) is 63.4 cm³/mol. The first-order chi connectivity index (χ1) is 6.58. The van der Waals surface area contributed by atoms with E-state index in [9.17, 15) is 4.79 Å². The molecule has 2 rings (SSSR count). The van der Waals surface area contributed by atoms with Crippen molar-refractivity contribution in [2.45, 2.75) is 11.8 Å². The topological polar surface area (TPSA) is 41.8 Å². The van der Waals surface area contributed by atoms with Crippen LogP contribution in [0.5, 0.6) is 0 Å². The van der Waals surface area contributed by atoms with Gasteiger partial charge in [0.05, 0.1) is 16.1 Å². The van der Waals surface area contributed by atoms with Gasteiger partial charge in [0.15, 0.2) is 0 Å². The van der Waals surface area contributed by atoms with Crippen LogP contribution < -0.4 is 0 Å². The van der Waals surface area contributed by atoms with Crippen molar-refractivity contribution in [3.05, 3.63) is 22.2 Å². The number of amidine groups is 1. The first-order valence-corrected chi connectivity index (χ1v) is 5.70. The SMILES string of the molecule is CC1=NC(=O)C2=CC(Br)=CC(Br)C2=N1. The molecule has 0 aromatic carbocycles. The van der Waals surface area contributed by atoms with E-state index >= 15 is 0 Å². The Kier molecular flexibility index (Phi) is 2.53. The third kappa shape index (κ3) is 1.66. The molecule has 0 aromatic rings. The Bertz CT molecular complexity index is 432. The molecule has 1 heterocycles. The van der Waals surface area contributed by atoms with Crippen LogP contribution in [0.1, 0.15) is 6.92 Å². The second kappa shape index (κ2) is 3.55. The summed E-state index contributed by atoms with van der Waals surface area (Å²) in [6.07, 6.45) is 3.68. The molecule has 0 aromatic heterocycles. The number of allylic oxidation sites excluding steroid dienone is 3. The standard InChI is InChI=1S/C9H6Br2N2O/c1-4-12-8-6(9(14)13-4)2-5(10)3-7(8)11/h2-3,7H,1H3. The lowest BCUT2D eigenvalue weighted by atomic mass is 10.0. The third-order valence-electron chi connectivity index (χ3n) is 1.90. The molecule has 0 spiro atoms. The van der Waals surface area contributed by atoms with Crippen LogP contribution in [-0.2, 0) is 4.79 Å². The van der Waals surface area contributed by atoms with E-state index in [2.05, 4.69) is 41.8 Å². The van der Waals surface area contributed by atoms with E-state index in [0.717, 1.165) is 10.2 Å². The van der Waals surface area contributed by atoms with Crippen LogP contribution in [0.4, 0.5) is 0 Å². The van der Waals surface area contributed by atoms with Crippen LogP contribution in [0.2, 0.25) is 0 Å². The number of fused-ring (bicyclic) bond motifs is 1. The van der Waals surface area contributed by atoms with Crippen LogP contribution in [0.3, 0.4) is 0 Å². The van der Waals surface area contributed by atoms with Crippen LogP contribution in [0.25, 0.3) is 0 Å². The molecule has 14 heavy (non-hydrogen) atoms. The van der Waals surface area contributed by atoms with Crippen molar-refractivity contribution >= 4 is 49.3 Å². The van der Waals surface area contributed by atoms with Crippen LogP contribution in [-0.4, -0.2) is 22.3 Å². The van der Waals surface area contributed by atoms with E-state index in [1.165, 1.54) is 0 Å². The minimum Gasteiger partial charge on any atom is -0.267 e. The fourth-order valence-corrected chi connectivity index (χ4v) is 2.81. The average molecular weight is 318 g/mol. The second-order valence-electron chi connectivity index (χ2n) is 2.97. The molecule has 1 aliphatic carbocycles. The number of amides is 1. The van der Waals surface area contributed by atoms with Crippen molar-refractivity contribution in [2.75, 3.05) is 0 Å². The van der Waals surface area contributed by atoms with Gasteiger partial charge in [-0.15, -0.1) is 0 Å². The van der Waals surface area contributed by atoms with Gasteiger partial charge in [-0.25, -0.2) is 4.99 Å². The maximum absolute atomic E-state index is 11.5. The summed E-state index contributed by atoms with van der Waals surface area (Å²) in [5.74, 6) is 0.292. The molecule has 0 saturated carbocycles. The zero-order valence-corrected chi connectivity index (χ0v) is 10.5. The van der Waals surface area contributed by atoms with Gasteiger partial charge in [0, 0.05) is 4.48 Å². The second-order valence-corrected chi connectivity index (χ2v) is 4.87. The number of nitrogens with zero attached hydrogens (tertiary/aromatic N) is 2. The Hall–Kier alpha value is -0.550. The summed E-state index contributed by atoms with van der Waals surface area (Å²) >= 11 is 6.77. The zero-order valence-electron chi connectivity index (χ0n) is 7.29. The van der Waals surface area contributed by atoms with Gasteiger partial charge in [-0.05, 0) is 13.0 Å². The van der Waals surface area contributed by atoms with Gasteiger partial charge < -0.3 is 0 Å². The number of rotatable bonds is 0. The van der Waals surface area contributed by atoms with Crippen LogP contribution in [0.15, 0.2) is 32.2 Å². The zero-order chi connectivity index (χ0) is 10.3. The van der Waals surface area contributed by atoms with Crippen LogP contribution in [0, 0.1) is 0 Å². The highest BCUT2D eigenvalue weighted by molar-refractivity contribution is 9.12. The Balaban J connectivity index is 2.54. The lowest BCUT2D eigenvalue weighted by Crippen LogP contribution is -2.27. The molecule has 1 atom stereocenters. The Morgan fingerprint density at radius 3 is 2.86 bits per heavy atom. The highest BCUT2D eigenvalue weighted by atomic mass is 79.9. The molecule has 0 bridgehead atoms. The van der Waals surface area contributed by atoms with Gasteiger partial charge >= 0.3 is 0 Å². The molecule has 1 unspecified atom stereocenters. The summed E-state index contributed by atoms with van der Waals surface area (Å²) < 4.78 is 0.872. The van der Waals surface area contributed by atoms with Gasteiger partial charge in [0.2, 0.25) is 0 Å². The highest BCUT2D eigenvalue weighted by Crippen LogP contribution is 2.27. The largest absolute Gasteiger partial charge is 0.280 e. The molecule has 1 amide bonds. The Morgan fingerprint density at radius 2 is 2.14 bits per heavy atom. The summed E-state index contributed by atoms with van der Waals surface area (Å²) in [5.41, 5.74) is 1.30. The molecular formula is C9H6Br2N2O. The van der Waals surface area contributed by atoms with Gasteiger partial charge in [-0.1, -0.05) is 37.9 Å². The number of carbonyl (C=O) groups is 1. The van der Waals surface area contributed by atoms with Crippen molar-refractivity contribution in [3.63, 3.8) is 0 Å². The van der Waals surface area contributed by atoms with Gasteiger partial charge in [0.1, 0.15) is 5.84 Å². The van der Waals surface area contributed by atoms with E-state index in [4.69, 9.17) is 0 Å². The molecule has 0 saturated heterocycles. The molecule has 5 heteroatoms. The average Bonchev–Trinajstić information content (AvgIpc) is 2.07. The summed E-state index contributed by atoms with van der Waals surface area (Å²) in [7, 11) is 0. The van der Waals surface area contributed by atoms with Crippen molar-refractivity contribution in [3.8, 4) is 0 Å². The normalized spacial score (nSPS) is 25.9. The van der Waals surface area contributed by atoms with E-state index in [-0.39, 0.29) is 10.7 Å². The highest BCUT2D eigenvalue weighted by Gasteiger charge is 2.27. The molecule has 0 N–H and O–H groups in total. The summed E-state index contributed by atoms with van der Waals surface area (Å²) in [6, 6.07) is 0. The fourth-order valence-electron chi connectivity index (χ4n) is 1.33. The Morgan fingerprint density at radius 1 is 1.43 bits per heavy atom. The number of hydrogen-bond donors (Lipinski definition) is 0. The Labute approximate surface area is 98.0 Å². The summed E-state index contributed by atoms with van der Waals surface area (Å²) in [5, 5.41) is 0. The van der Waals surface area contributed by atoms with Gasteiger partial charge in [-0.3, -0.25) is 4.79 Å². The third-order valence-corrected chi connectivity index (χ3v) is 3.09. The van der Waals surface area contributed by atoms with E-state index in [1.54, 1.807) is 13.0 Å². The van der Waals surface area contributed by atoms with E-state index in [1.807, 2.05) is 6.08 Å². The number of halogens is 2. The molecule has 3 nitrogen and oxygen atoms in total. The molecule has 1 aliphatic heterocycles. The molecule has 2 aliphatic rings. The summed E-state index contributed by atoms with van der Waals surface area (Å²) in [4.78, 5) is 19.5.